The Bertz CT molecular complexity index is 1060. The van der Waals surface area contributed by atoms with E-state index in [1.807, 2.05) is 18.2 Å². The van der Waals surface area contributed by atoms with E-state index in [0.29, 0.717) is 31.3 Å². The molecule has 34 heavy (non-hydrogen) atoms. The van der Waals surface area contributed by atoms with Gasteiger partial charge in [-0.15, -0.1) is 0 Å². The van der Waals surface area contributed by atoms with Gasteiger partial charge in [0.2, 0.25) is 11.8 Å². The molecule has 0 saturated carbocycles. The van der Waals surface area contributed by atoms with Gasteiger partial charge in [-0.2, -0.15) is 0 Å². The lowest BCUT2D eigenvalue weighted by Gasteiger charge is -2.25. The summed E-state index contributed by atoms with van der Waals surface area (Å²) < 4.78 is 44.7. The van der Waals surface area contributed by atoms with Gasteiger partial charge >= 0.3 is 0 Å². The fraction of sp³-hybridized carbons (Fsp3) is 0.440. The van der Waals surface area contributed by atoms with E-state index < -0.39 is 17.5 Å². The molecule has 4 rings (SSSR count). The van der Waals surface area contributed by atoms with Crippen molar-refractivity contribution in [2.24, 2.45) is 0 Å². The second kappa shape index (κ2) is 10.4. The minimum atomic E-state index is -1.08. The lowest BCUT2D eigenvalue weighted by Crippen LogP contribution is -2.41. The SMILES string of the molecule is CCN(C(=O)CN1C[C@H](c2ccc(OC)c(O[C@@H]3CCOC3)c2)CC1=O)c1cccc(F)c1F. The molecule has 0 N–H and O–H groups in total. The molecular formula is C25H28F2N2O5. The minimum absolute atomic E-state index is 0.0493. The van der Waals surface area contributed by atoms with Crippen LogP contribution in [0.2, 0.25) is 0 Å². The Hall–Kier alpha value is -3.20. The van der Waals surface area contributed by atoms with Gasteiger partial charge in [-0.1, -0.05) is 12.1 Å². The van der Waals surface area contributed by atoms with Gasteiger partial charge < -0.3 is 24.0 Å². The number of likely N-dealkylation sites (N-methyl/N-ethyl adjacent to an activating group) is 1. The maximum absolute atomic E-state index is 14.2. The van der Waals surface area contributed by atoms with Crippen LogP contribution in [0.25, 0.3) is 0 Å². The Balaban J connectivity index is 1.46. The summed E-state index contributed by atoms with van der Waals surface area (Å²) in [5.74, 6) is -1.68. The molecule has 0 unspecified atom stereocenters. The minimum Gasteiger partial charge on any atom is -0.493 e. The van der Waals surface area contributed by atoms with E-state index in [4.69, 9.17) is 14.2 Å². The number of amides is 2. The summed E-state index contributed by atoms with van der Waals surface area (Å²) in [7, 11) is 1.57. The van der Waals surface area contributed by atoms with Crippen molar-refractivity contribution in [2.75, 3.05) is 44.9 Å². The number of hydrogen-bond donors (Lipinski definition) is 0. The number of likely N-dealkylation sites (tertiary alicyclic amines) is 1. The number of carbonyl (C=O) groups excluding carboxylic acids is 2. The van der Waals surface area contributed by atoms with Crippen LogP contribution < -0.4 is 14.4 Å². The summed E-state index contributed by atoms with van der Waals surface area (Å²) in [6, 6.07) is 9.27. The Kier molecular flexibility index (Phi) is 7.31. The number of halogens is 2. The molecule has 2 aromatic carbocycles. The van der Waals surface area contributed by atoms with Crippen LogP contribution in [0.5, 0.6) is 11.5 Å². The van der Waals surface area contributed by atoms with Crippen LogP contribution in [0.3, 0.4) is 0 Å². The first kappa shape index (κ1) is 23.9. The third-order valence-electron chi connectivity index (χ3n) is 6.22. The van der Waals surface area contributed by atoms with Gasteiger partial charge in [-0.05, 0) is 36.8 Å². The first-order valence-electron chi connectivity index (χ1n) is 11.4. The van der Waals surface area contributed by atoms with Gasteiger partial charge in [-0.25, -0.2) is 8.78 Å². The van der Waals surface area contributed by atoms with Crippen LogP contribution in [0, 0.1) is 11.6 Å². The van der Waals surface area contributed by atoms with Crippen molar-refractivity contribution in [1.29, 1.82) is 0 Å². The van der Waals surface area contributed by atoms with E-state index in [1.54, 1.807) is 14.0 Å². The van der Waals surface area contributed by atoms with Crippen LogP contribution >= 0.6 is 0 Å². The highest BCUT2D eigenvalue weighted by atomic mass is 19.2. The van der Waals surface area contributed by atoms with Crippen molar-refractivity contribution >= 4 is 17.5 Å². The summed E-state index contributed by atoms with van der Waals surface area (Å²) in [6.45, 7) is 3.12. The first-order chi connectivity index (χ1) is 16.4. The van der Waals surface area contributed by atoms with Gasteiger partial charge in [0.05, 0.1) is 26.0 Å². The normalized spacial score (nSPS) is 20.0. The number of methoxy groups -OCH3 is 1. The largest absolute Gasteiger partial charge is 0.493 e. The maximum atomic E-state index is 14.2. The van der Waals surface area contributed by atoms with E-state index >= 15 is 0 Å². The lowest BCUT2D eigenvalue weighted by molar-refractivity contribution is -0.132. The summed E-state index contributed by atoms with van der Waals surface area (Å²) >= 11 is 0. The molecule has 0 radical (unpaired) electrons. The highest BCUT2D eigenvalue weighted by Crippen LogP contribution is 2.36. The molecule has 0 bridgehead atoms. The van der Waals surface area contributed by atoms with Crippen molar-refractivity contribution in [3.8, 4) is 11.5 Å². The molecule has 9 heteroatoms. The van der Waals surface area contributed by atoms with Crippen molar-refractivity contribution in [3.63, 3.8) is 0 Å². The van der Waals surface area contributed by atoms with Crippen molar-refractivity contribution in [3.05, 3.63) is 53.6 Å². The van der Waals surface area contributed by atoms with Gasteiger partial charge in [0.25, 0.3) is 0 Å². The Morgan fingerprint density at radius 1 is 1.24 bits per heavy atom. The zero-order chi connectivity index (χ0) is 24.2. The highest BCUT2D eigenvalue weighted by Gasteiger charge is 2.34. The summed E-state index contributed by atoms with van der Waals surface area (Å²) in [4.78, 5) is 28.2. The van der Waals surface area contributed by atoms with Crippen LogP contribution in [-0.4, -0.2) is 62.8 Å². The van der Waals surface area contributed by atoms with Crippen LogP contribution in [0.15, 0.2) is 36.4 Å². The average molecular weight is 475 g/mol. The number of nitrogens with zero attached hydrogens (tertiary/aromatic N) is 2. The number of anilines is 1. The zero-order valence-electron chi connectivity index (χ0n) is 19.3. The highest BCUT2D eigenvalue weighted by molar-refractivity contribution is 5.97. The fourth-order valence-corrected chi connectivity index (χ4v) is 4.40. The molecule has 2 atom stereocenters. The van der Waals surface area contributed by atoms with Crippen molar-refractivity contribution in [1.82, 2.24) is 4.90 Å². The predicted molar refractivity (Wildman–Crippen MR) is 121 cm³/mol. The predicted octanol–water partition coefficient (Wildman–Crippen LogP) is 3.51. The molecule has 2 fully saturated rings. The van der Waals surface area contributed by atoms with Crippen molar-refractivity contribution < 1.29 is 32.6 Å². The van der Waals surface area contributed by atoms with E-state index in [-0.39, 0.29) is 43.1 Å². The first-order valence-corrected chi connectivity index (χ1v) is 11.4. The molecule has 0 aliphatic carbocycles. The molecule has 2 aromatic rings. The zero-order valence-corrected chi connectivity index (χ0v) is 19.3. The quantitative estimate of drug-likeness (QED) is 0.586. The molecule has 182 valence electrons. The van der Waals surface area contributed by atoms with Crippen molar-refractivity contribution in [2.45, 2.75) is 31.8 Å². The topological polar surface area (TPSA) is 68.3 Å². The Morgan fingerprint density at radius 2 is 2.06 bits per heavy atom. The molecule has 0 spiro atoms. The third kappa shape index (κ3) is 4.99. The number of ether oxygens (including phenoxy) is 3. The molecule has 2 aliphatic rings. The molecule has 7 nitrogen and oxygen atoms in total. The lowest BCUT2D eigenvalue weighted by atomic mass is 9.98. The van der Waals surface area contributed by atoms with Gasteiger partial charge in [0, 0.05) is 31.8 Å². The summed E-state index contributed by atoms with van der Waals surface area (Å²) in [5.41, 5.74) is 0.769. The molecule has 0 aromatic heterocycles. The molecule has 2 heterocycles. The third-order valence-corrected chi connectivity index (χ3v) is 6.22. The molecule has 2 saturated heterocycles. The molecular weight excluding hydrogens is 446 g/mol. The van der Waals surface area contributed by atoms with Crippen LogP contribution in [-0.2, 0) is 14.3 Å². The second-order valence-electron chi connectivity index (χ2n) is 8.40. The second-order valence-corrected chi connectivity index (χ2v) is 8.40. The fourth-order valence-electron chi connectivity index (χ4n) is 4.40. The van der Waals surface area contributed by atoms with E-state index in [1.165, 1.54) is 17.0 Å². The summed E-state index contributed by atoms with van der Waals surface area (Å²) in [6.07, 6.45) is 0.989. The van der Waals surface area contributed by atoms with Gasteiger partial charge in [0.1, 0.15) is 12.6 Å². The van der Waals surface area contributed by atoms with Gasteiger partial charge in [-0.3, -0.25) is 9.59 Å². The Morgan fingerprint density at radius 3 is 2.76 bits per heavy atom. The van der Waals surface area contributed by atoms with Crippen LogP contribution in [0.4, 0.5) is 14.5 Å². The standard InChI is InChI=1S/C25H28F2N2O5/c1-3-29(20-6-4-5-19(26)25(20)27)24(31)14-28-13-17(12-23(28)30)16-7-8-21(32-2)22(11-16)34-18-9-10-33-15-18/h4-8,11,17-18H,3,9-10,12-15H2,1-2H3/t17-,18-/m1/s1. The average Bonchev–Trinajstić information content (AvgIpc) is 3.47. The van der Waals surface area contributed by atoms with E-state index in [0.717, 1.165) is 23.0 Å². The number of rotatable bonds is 8. The van der Waals surface area contributed by atoms with E-state index in [9.17, 15) is 18.4 Å². The Labute approximate surface area is 197 Å². The van der Waals surface area contributed by atoms with E-state index in [2.05, 4.69) is 0 Å². The summed E-state index contributed by atoms with van der Waals surface area (Å²) in [5, 5.41) is 0. The number of benzene rings is 2. The molecule has 2 amide bonds. The maximum Gasteiger partial charge on any atom is 0.246 e. The number of carbonyl (C=O) groups is 2. The van der Waals surface area contributed by atoms with Crippen LogP contribution in [0.1, 0.15) is 31.2 Å². The smallest absolute Gasteiger partial charge is 0.246 e. The van der Waals surface area contributed by atoms with Gasteiger partial charge in [0.15, 0.2) is 23.1 Å². The number of hydrogen-bond acceptors (Lipinski definition) is 5. The monoisotopic (exact) mass is 474 g/mol. The molecule has 2 aliphatic heterocycles.